The van der Waals surface area contributed by atoms with Gasteiger partial charge in [0.1, 0.15) is 10.8 Å². The van der Waals surface area contributed by atoms with Crippen LogP contribution in [0.2, 0.25) is 4.34 Å². The van der Waals surface area contributed by atoms with Crippen LogP contribution in [-0.2, 0) is 26.8 Å². The fourth-order valence-electron chi connectivity index (χ4n) is 3.76. The van der Waals surface area contributed by atoms with Gasteiger partial charge in [0.2, 0.25) is 0 Å². The largest absolute Gasteiger partial charge is 0.375 e. The van der Waals surface area contributed by atoms with Gasteiger partial charge in [0.15, 0.2) is 5.82 Å². The zero-order valence-corrected chi connectivity index (χ0v) is 17.4. The fourth-order valence-corrected chi connectivity index (χ4v) is 6.84. The van der Waals surface area contributed by atoms with E-state index in [9.17, 15) is 8.42 Å². The maximum atomic E-state index is 12.9. The summed E-state index contributed by atoms with van der Waals surface area (Å²) in [5.41, 5.74) is -0.226. The Labute approximate surface area is 167 Å². The van der Waals surface area contributed by atoms with Crippen LogP contribution in [0.15, 0.2) is 20.9 Å². The van der Waals surface area contributed by atoms with E-state index in [1.807, 2.05) is 0 Å². The van der Waals surface area contributed by atoms with Crippen molar-refractivity contribution in [3.8, 4) is 0 Å². The predicted molar refractivity (Wildman–Crippen MR) is 101 cm³/mol. The van der Waals surface area contributed by atoms with Gasteiger partial charge in [-0.1, -0.05) is 29.6 Å². The number of rotatable bonds is 7. The molecule has 0 atom stereocenters. The van der Waals surface area contributed by atoms with Gasteiger partial charge in [-0.05, 0) is 37.3 Å². The second-order valence-corrected chi connectivity index (χ2v) is 11.2. The van der Waals surface area contributed by atoms with E-state index in [1.165, 1.54) is 12.8 Å². The number of ether oxygens (including phenoxy) is 1. The van der Waals surface area contributed by atoms with Crippen molar-refractivity contribution in [3.63, 3.8) is 0 Å². The van der Waals surface area contributed by atoms with Gasteiger partial charge in [0.25, 0.3) is 15.9 Å². The van der Waals surface area contributed by atoms with E-state index in [1.54, 1.807) is 23.5 Å². The van der Waals surface area contributed by atoms with Crippen LogP contribution in [0.3, 0.4) is 0 Å². The van der Waals surface area contributed by atoms with Crippen molar-refractivity contribution in [1.82, 2.24) is 14.4 Å². The lowest BCUT2D eigenvalue weighted by Crippen LogP contribution is -2.45. The molecule has 2 aromatic rings. The van der Waals surface area contributed by atoms with E-state index in [0.29, 0.717) is 52.1 Å². The van der Waals surface area contributed by atoms with Gasteiger partial charge in [-0.3, -0.25) is 0 Å². The molecule has 1 aliphatic heterocycles. The summed E-state index contributed by atoms with van der Waals surface area (Å²) in [6, 6.07) is 3.20. The van der Waals surface area contributed by atoms with Crippen molar-refractivity contribution in [3.05, 3.63) is 28.2 Å². The molecule has 4 rings (SSSR count). The SMILES string of the molecule is COCc1nc(C2(CC3CC3)CCN(S(=O)(=O)c3ccc(Cl)s3)CC2)no1. The lowest BCUT2D eigenvalue weighted by atomic mass is 9.74. The fraction of sp³-hybridized carbons (Fsp3) is 0.647. The maximum Gasteiger partial charge on any atom is 0.252 e. The molecule has 148 valence electrons. The van der Waals surface area contributed by atoms with Crippen molar-refractivity contribution in [2.45, 2.75) is 48.3 Å². The first-order chi connectivity index (χ1) is 12.9. The monoisotopic (exact) mass is 431 g/mol. The van der Waals surface area contributed by atoms with Gasteiger partial charge in [-0.25, -0.2) is 8.42 Å². The molecule has 0 radical (unpaired) electrons. The van der Waals surface area contributed by atoms with Crippen molar-refractivity contribution in [2.75, 3.05) is 20.2 Å². The molecule has 2 aromatic heterocycles. The highest BCUT2D eigenvalue weighted by Gasteiger charge is 2.46. The average molecular weight is 432 g/mol. The number of nitrogens with zero attached hydrogens (tertiary/aromatic N) is 3. The Balaban J connectivity index is 1.54. The summed E-state index contributed by atoms with van der Waals surface area (Å²) in [6.45, 7) is 1.17. The summed E-state index contributed by atoms with van der Waals surface area (Å²) in [7, 11) is -1.92. The van der Waals surface area contributed by atoms with E-state index in [-0.39, 0.29) is 12.0 Å². The molecule has 0 aromatic carbocycles. The Hall–Kier alpha value is -1.00. The molecule has 1 saturated heterocycles. The third kappa shape index (κ3) is 3.93. The van der Waals surface area contributed by atoms with Crippen molar-refractivity contribution >= 4 is 33.0 Å². The van der Waals surface area contributed by atoms with Crippen LogP contribution in [0.1, 0.15) is 43.8 Å². The van der Waals surface area contributed by atoms with Crippen LogP contribution in [-0.4, -0.2) is 43.1 Å². The van der Waals surface area contributed by atoms with Crippen LogP contribution in [0.25, 0.3) is 0 Å². The van der Waals surface area contributed by atoms with E-state index < -0.39 is 10.0 Å². The van der Waals surface area contributed by atoms with Crippen molar-refractivity contribution in [2.24, 2.45) is 5.92 Å². The highest BCUT2D eigenvalue weighted by atomic mass is 35.5. The molecule has 0 amide bonds. The molecule has 1 aliphatic carbocycles. The minimum absolute atomic E-state index is 0.226. The van der Waals surface area contributed by atoms with Crippen LogP contribution < -0.4 is 0 Å². The Morgan fingerprint density at radius 2 is 2.11 bits per heavy atom. The number of halogens is 1. The second-order valence-electron chi connectivity index (χ2n) is 7.34. The highest BCUT2D eigenvalue weighted by Crippen LogP contribution is 2.47. The van der Waals surface area contributed by atoms with E-state index in [4.69, 9.17) is 20.9 Å². The third-order valence-corrected chi connectivity index (χ3v) is 9.01. The van der Waals surface area contributed by atoms with Gasteiger partial charge in [-0.2, -0.15) is 9.29 Å². The molecule has 3 heterocycles. The first-order valence-corrected chi connectivity index (χ1v) is 11.6. The summed E-state index contributed by atoms with van der Waals surface area (Å²) in [6.07, 6.45) is 4.81. The number of piperidine rings is 1. The topological polar surface area (TPSA) is 85.5 Å². The zero-order chi connectivity index (χ0) is 19.1. The number of aromatic nitrogens is 2. The Kier molecular flexibility index (Phi) is 5.32. The molecule has 7 nitrogen and oxygen atoms in total. The van der Waals surface area contributed by atoms with Gasteiger partial charge in [-0.15, -0.1) is 11.3 Å². The van der Waals surface area contributed by atoms with E-state index in [2.05, 4.69) is 10.1 Å². The van der Waals surface area contributed by atoms with E-state index in [0.717, 1.165) is 17.8 Å². The van der Waals surface area contributed by atoms with Crippen LogP contribution in [0.5, 0.6) is 0 Å². The molecule has 2 fully saturated rings. The summed E-state index contributed by atoms with van der Waals surface area (Å²) in [5, 5.41) is 4.21. The lowest BCUT2D eigenvalue weighted by molar-refractivity contribution is 0.151. The molecular formula is C17H22ClN3O4S2. The molecule has 27 heavy (non-hydrogen) atoms. The third-order valence-electron chi connectivity index (χ3n) is 5.41. The number of hydrogen-bond acceptors (Lipinski definition) is 7. The Morgan fingerprint density at radius 1 is 1.37 bits per heavy atom. The minimum atomic E-state index is -3.51. The summed E-state index contributed by atoms with van der Waals surface area (Å²) in [5.74, 6) is 1.83. The van der Waals surface area contributed by atoms with Gasteiger partial charge in [0, 0.05) is 25.6 Å². The van der Waals surface area contributed by atoms with Gasteiger partial charge >= 0.3 is 0 Å². The molecule has 0 unspecified atom stereocenters. The number of methoxy groups -OCH3 is 1. The zero-order valence-electron chi connectivity index (χ0n) is 15.1. The van der Waals surface area contributed by atoms with Crippen LogP contribution in [0.4, 0.5) is 0 Å². The number of sulfonamides is 1. The van der Waals surface area contributed by atoms with Crippen molar-refractivity contribution in [1.29, 1.82) is 0 Å². The molecule has 10 heteroatoms. The molecule has 0 N–H and O–H groups in total. The molecule has 0 bridgehead atoms. The molecule has 0 spiro atoms. The van der Waals surface area contributed by atoms with Gasteiger partial charge < -0.3 is 9.26 Å². The number of hydrogen-bond donors (Lipinski definition) is 0. The van der Waals surface area contributed by atoms with Gasteiger partial charge in [0.05, 0.1) is 4.34 Å². The van der Waals surface area contributed by atoms with Crippen molar-refractivity contribution < 1.29 is 17.7 Å². The lowest BCUT2D eigenvalue weighted by Gasteiger charge is -2.39. The Morgan fingerprint density at radius 3 is 2.70 bits per heavy atom. The Bertz CT molecular complexity index is 899. The van der Waals surface area contributed by atoms with Crippen LogP contribution >= 0.6 is 22.9 Å². The minimum Gasteiger partial charge on any atom is -0.375 e. The first kappa shape index (κ1) is 19.3. The normalized spacial score (nSPS) is 20.8. The summed E-state index contributed by atoms with van der Waals surface area (Å²) < 4.78 is 38.5. The predicted octanol–water partition coefficient (Wildman–Crippen LogP) is 3.45. The standard InChI is InChI=1S/C17H22ClN3O4S2/c1-24-11-14-19-16(20-25-14)17(10-12-2-3-12)6-8-21(9-7-17)27(22,23)15-5-4-13(18)26-15/h4-5,12H,2-3,6-11H2,1H3. The van der Waals surface area contributed by atoms with Crippen LogP contribution in [0, 0.1) is 5.92 Å². The highest BCUT2D eigenvalue weighted by molar-refractivity contribution is 7.91. The molecule has 2 aliphatic rings. The second kappa shape index (κ2) is 7.44. The molecule has 1 saturated carbocycles. The summed E-state index contributed by atoms with van der Waals surface area (Å²) >= 11 is 7.02. The summed E-state index contributed by atoms with van der Waals surface area (Å²) in [4.78, 5) is 4.54. The maximum absolute atomic E-state index is 12.9. The smallest absolute Gasteiger partial charge is 0.252 e. The van der Waals surface area contributed by atoms with E-state index >= 15 is 0 Å². The quantitative estimate of drug-likeness (QED) is 0.667. The first-order valence-electron chi connectivity index (χ1n) is 9.00. The molecular weight excluding hydrogens is 410 g/mol. The number of thiophene rings is 1. The average Bonchev–Trinajstić information content (AvgIpc) is 3.13.